The molecule has 1 aliphatic rings. The fraction of sp³-hybridized carbons (Fsp3) is 0.267. The quantitative estimate of drug-likeness (QED) is 0.849. The Morgan fingerprint density at radius 3 is 2.68 bits per heavy atom. The fourth-order valence-electron chi connectivity index (χ4n) is 2.53. The first kappa shape index (κ1) is 14.8. The van der Waals surface area contributed by atoms with Crippen LogP contribution in [0.2, 0.25) is 0 Å². The van der Waals surface area contributed by atoms with Crippen LogP contribution in [0.1, 0.15) is 28.3 Å². The normalized spacial score (nSPS) is 20.7. The number of furan rings is 1. The van der Waals surface area contributed by atoms with E-state index in [2.05, 4.69) is 4.72 Å². The molecule has 0 saturated heterocycles. The monoisotopic (exact) mass is 321 g/mol. The summed E-state index contributed by atoms with van der Waals surface area (Å²) in [4.78, 5) is 11.0. The number of hydrogen-bond donors (Lipinski definition) is 2. The lowest BCUT2D eigenvalue weighted by Crippen LogP contribution is -2.27. The van der Waals surface area contributed by atoms with Crippen LogP contribution in [0.25, 0.3) is 0 Å². The highest BCUT2D eigenvalue weighted by Crippen LogP contribution is 2.46. The molecule has 0 bridgehead atoms. The van der Waals surface area contributed by atoms with Crippen molar-refractivity contribution in [3.05, 3.63) is 53.8 Å². The number of sulfonamides is 1. The van der Waals surface area contributed by atoms with Crippen LogP contribution in [0.4, 0.5) is 0 Å². The first-order valence-electron chi connectivity index (χ1n) is 6.84. The minimum Gasteiger partial charge on any atom is -0.478 e. The minimum absolute atomic E-state index is 0.223. The van der Waals surface area contributed by atoms with Gasteiger partial charge in [-0.05, 0) is 29.9 Å². The minimum atomic E-state index is -3.95. The van der Waals surface area contributed by atoms with Crippen molar-refractivity contribution in [2.45, 2.75) is 17.4 Å². The Balaban J connectivity index is 1.65. The molecular weight excluding hydrogens is 306 g/mol. The van der Waals surface area contributed by atoms with Crippen molar-refractivity contribution in [1.82, 2.24) is 4.72 Å². The molecule has 0 amide bonds. The van der Waals surface area contributed by atoms with Crippen LogP contribution in [-0.4, -0.2) is 26.0 Å². The zero-order chi connectivity index (χ0) is 15.7. The van der Waals surface area contributed by atoms with Crippen molar-refractivity contribution in [3.8, 4) is 0 Å². The molecule has 2 N–H and O–H groups in total. The third-order valence-corrected chi connectivity index (χ3v) is 5.14. The second-order valence-electron chi connectivity index (χ2n) is 5.29. The van der Waals surface area contributed by atoms with Crippen molar-refractivity contribution in [2.75, 3.05) is 6.54 Å². The maximum Gasteiger partial charge on any atom is 0.340 e. The SMILES string of the molecule is O=C(O)c1ccoc1S(=O)(=O)NC[C@@H]1C[C@H]1c1ccccc1. The average molecular weight is 321 g/mol. The Morgan fingerprint density at radius 1 is 1.27 bits per heavy atom. The van der Waals surface area contributed by atoms with Gasteiger partial charge in [0, 0.05) is 6.54 Å². The summed E-state index contributed by atoms with van der Waals surface area (Å²) in [7, 11) is -3.95. The Bertz CT molecular complexity index is 781. The third-order valence-electron chi connectivity index (χ3n) is 3.79. The molecule has 0 unspecified atom stereocenters. The Hall–Kier alpha value is -2.12. The van der Waals surface area contributed by atoms with E-state index in [0.29, 0.717) is 5.92 Å². The molecule has 0 spiro atoms. The second-order valence-corrected chi connectivity index (χ2v) is 6.96. The number of rotatable bonds is 6. The first-order valence-corrected chi connectivity index (χ1v) is 8.33. The summed E-state index contributed by atoms with van der Waals surface area (Å²) in [6, 6.07) is 11.0. The van der Waals surface area contributed by atoms with Crippen LogP contribution in [-0.2, 0) is 10.0 Å². The number of hydrogen-bond acceptors (Lipinski definition) is 4. The van der Waals surface area contributed by atoms with Gasteiger partial charge < -0.3 is 9.52 Å². The topological polar surface area (TPSA) is 96.6 Å². The molecule has 1 heterocycles. The lowest BCUT2D eigenvalue weighted by Gasteiger charge is -2.05. The highest BCUT2D eigenvalue weighted by molar-refractivity contribution is 7.89. The Kier molecular flexibility index (Phi) is 3.76. The molecule has 1 aromatic carbocycles. The molecule has 7 heteroatoms. The summed E-state index contributed by atoms with van der Waals surface area (Å²) < 4.78 is 31.5. The predicted molar refractivity (Wildman–Crippen MR) is 78.1 cm³/mol. The zero-order valence-corrected chi connectivity index (χ0v) is 12.4. The Morgan fingerprint density at radius 2 is 2.00 bits per heavy atom. The highest BCUT2D eigenvalue weighted by atomic mass is 32.2. The van der Waals surface area contributed by atoms with E-state index in [9.17, 15) is 13.2 Å². The molecule has 2 atom stereocenters. The molecule has 1 aromatic heterocycles. The zero-order valence-electron chi connectivity index (χ0n) is 11.6. The average Bonchev–Trinajstić information content (AvgIpc) is 3.09. The van der Waals surface area contributed by atoms with Crippen molar-refractivity contribution in [3.63, 3.8) is 0 Å². The van der Waals surface area contributed by atoms with Crippen LogP contribution in [0.3, 0.4) is 0 Å². The van der Waals surface area contributed by atoms with E-state index >= 15 is 0 Å². The van der Waals surface area contributed by atoms with Crippen molar-refractivity contribution in [1.29, 1.82) is 0 Å². The van der Waals surface area contributed by atoms with Crippen molar-refractivity contribution in [2.24, 2.45) is 5.92 Å². The maximum atomic E-state index is 12.1. The maximum absolute atomic E-state index is 12.1. The van der Waals surface area contributed by atoms with Gasteiger partial charge in [-0.25, -0.2) is 17.9 Å². The van der Waals surface area contributed by atoms with Gasteiger partial charge in [-0.3, -0.25) is 0 Å². The van der Waals surface area contributed by atoms with Crippen molar-refractivity contribution < 1.29 is 22.7 Å². The van der Waals surface area contributed by atoms with Gasteiger partial charge in [0.25, 0.3) is 10.0 Å². The molecule has 0 aliphatic heterocycles. The standard InChI is InChI=1S/C15H15NO5S/c17-14(18)12-6-7-21-15(12)22(19,20)16-9-11-8-13(11)10-4-2-1-3-5-10/h1-7,11,13,16H,8-9H2,(H,17,18)/t11-,13-/m0/s1. The van der Waals surface area contributed by atoms with Crippen LogP contribution in [0, 0.1) is 5.92 Å². The summed E-state index contributed by atoms with van der Waals surface area (Å²) in [5.74, 6) is -0.762. The molecular formula is C15H15NO5S. The predicted octanol–water partition coefficient (Wildman–Crippen LogP) is 2.06. The first-order chi connectivity index (χ1) is 10.5. The number of benzene rings is 1. The van der Waals surface area contributed by atoms with E-state index in [4.69, 9.17) is 9.52 Å². The smallest absolute Gasteiger partial charge is 0.340 e. The molecule has 1 aliphatic carbocycles. The number of carbonyl (C=O) groups is 1. The molecule has 22 heavy (non-hydrogen) atoms. The number of nitrogens with one attached hydrogen (secondary N) is 1. The number of carboxylic acid groups (broad SMARTS) is 1. The second kappa shape index (κ2) is 5.58. The van der Waals surface area contributed by atoms with Gasteiger partial charge in [-0.15, -0.1) is 0 Å². The van der Waals surface area contributed by atoms with Crippen LogP contribution in [0.15, 0.2) is 52.2 Å². The molecule has 0 radical (unpaired) electrons. The van der Waals surface area contributed by atoms with Crippen molar-refractivity contribution >= 4 is 16.0 Å². The van der Waals surface area contributed by atoms with Gasteiger partial charge >= 0.3 is 5.97 Å². The summed E-state index contributed by atoms with van der Waals surface area (Å²) in [6.45, 7) is 0.266. The van der Waals surface area contributed by atoms with E-state index in [0.717, 1.165) is 18.8 Å². The molecule has 2 aromatic rings. The van der Waals surface area contributed by atoms with E-state index in [1.807, 2.05) is 30.3 Å². The summed E-state index contributed by atoms with van der Waals surface area (Å²) in [6.07, 6.45) is 1.97. The van der Waals surface area contributed by atoms with Crippen LogP contribution >= 0.6 is 0 Å². The summed E-state index contributed by atoms with van der Waals surface area (Å²) in [5.41, 5.74) is 0.832. The molecule has 1 fully saturated rings. The van der Waals surface area contributed by atoms with Crippen LogP contribution < -0.4 is 4.72 Å². The lowest BCUT2D eigenvalue weighted by atomic mass is 10.1. The molecule has 3 rings (SSSR count). The number of aromatic carboxylic acids is 1. The lowest BCUT2D eigenvalue weighted by molar-refractivity contribution is 0.0689. The van der Waals surface area contributed by atoms with Gasteiger partial charge in [0.15, 0.2) is 0 Å². The van der Waals surface area contributed by atoms with Gasteiger partial charge in [-0.1, -0.05) is 30.3 Å². The van der Waals surface area contributed by atoms with E-state index in [1.54, 1.807) is 0 Å². The molecule has 6 nitrogen and oxygen atoms in total. The summed E-state index contributed by atoms with van der Waals surface area (Å²) in [5, 5.41) is 8.40. The number of carboxylic acids is 1. The molecule has 116 valence electrons. The van der Waals surface area contributed by atoms with E-state index in [1.165, 1.54) is 5.56 Å². The van der Waals surface area contributed by atoms with E-state index in [-0.39, 0.29) is 18.0 Å². The highest BCUT2D eigenvalue weighted by Gasteiger charge is 2.39. The van der Waals surface area contributed by atoms with Gasteiger partial charge in [0.05, 0.1) is 6.26 Å². The largest absolute Gasteiger partial charge is 0.478 e. The van der Waals surface area contributed by atoms with Gasteiger partial charge in [-0.2, -0.15) is 0 Å². The fourth-order valence-corrected chi connectivity index (χ4v) is 3.72. The Labute approximate surface area is 127 Å². The summed E-state index contributed by atoms with van der Waals surface area (Å²) >= 11 is 0. The van der Waals surface area contributed by atoms with E-state index < -0.39 is 21.1 Å². The molecule has 1 saturated carbocycles. The van der Waals surface area contributed by atoms with Gasteiger partial charge in [0.2, 0.25) is 5.09 Å². The van der Waals surface area contributed by atoms with Gasteiger partial charge in [0.1, 0.15) is 5.56 Å². The van der Waals surface area contributed by atoms with Crippen LogP contribution in [0.5, 0.6) is 0 Å². The third kappa shape index (κ3) is 2.90.